The van der Waals surface area contributed by atoms with Crippen molar-refractivity contribution in [2.24, 2.45) is 0 Å². The van der Waals surface area contributed by atoms with Crippen molar-refractivity contribution in [3.05, 3.63) is 63.1 Å². The van der Waals surface area contributed by atoms with Crippen LogP contribution < -0.4 is 10.1 Å². The van der Waals surface area contributed by atoms with E-state index in [1.807, 2.05) is 77.9 Å². The average Bonchev–Trinajstić information content (AvgIpc) is 2.67. The molecule has 5 nitrogen and oxygen atoms in total. The number of nitrogens with zero attached hydrogens (tertiary/aromatic N) is 1. The molecule has 0 aromatic heterocycles. The number of carbonyl (C=O) groups excluding carboxylic acids is 2. The van der Waals surface area contributed by atoms with Crippen molar-refractivity contribution in [2.45, 2.75) is 66.6 Å². The van der Waals surface area contributed by atoms with Gasteiger partial charge in [0.15, 0.2) is 6.61 Å². The zero-order valence-corrected chi connectivity index (χ0v) is 21.1. The predicted molar refractivity (Wildman–Crippen MR) is 128 cm³/mol. The lowest BCUT2D eigenvalue weighted by molar-refractivity contribution is -0.142. The molecule has 1 N–H and O–H groups in total. The highest BCUT2D eigenvalue weighted by molar-refractivity contribution is 9.10. The monoisotopic (exact) mass is 488 g/mol. The van der Waals surface area contributed by atoms with Crippen molar-refractivity contribution in [1.29, 1.82) is 0 Å². The number of nitrogens with one attached hydrogen (secondary N) is 1. The van der Waals surface area contributed by atoms with E-state index in [1.165, 1.54) is 0 Å². The molecule has 1 atom stereocenters. The van der Waals surface area contributed by atoms with E-state index in [2.05, 4.69) is 21.2 Å². The minimum Gasteiger partial charge on any atom is -0.484 e. The Morgan fingerprint density at radius 1 is 1.06 bits per heavy atom. The van der Waals surface area contributed by atoms with E-state index in [1.54, 1.807) is 11.8 Å². The quantitative estimate of drug-likeness (QED) is 0.590. The summed E-state index contributed by atoms with van der Waals surface area (Å²) in [5.41, 5.74) is 3.80. The molecule has 0 aliphatic rings. The highest BCUT2D eigenvalue weighted by atomic mass is 79.9. The number of aryl methyl sites for hydroxylation is 3. The summed E-state index contributed by atoms with van der Waals surface area (Å²) in [5.74, 6) is 0.201. The van der Waals surface area contributed by atoms with Gasteiger partial charge in [0.25, 0.3) is 5.91 Å². The number of hydrogen-bond donors (Lipinski definition) is 1. The first-order chi connectivity index (χ1) is 14.4. The Labute approximate surface area is 194 Å². The van der Waals surface area contributed by atoms with E-state index in [9.17, 15) is 9.59 Å². The molecule has 0 saturated carbocycles. The Morgan fingerprint density at radius 3 is 2.13 bits per heavy atom. The van der Waals surface area contributed by atoms with Gasteiger partial charge in [-0.05, 0) is 77.3 Å². The zero-order chi connectivity index (χ0) is 23.3. The normalized spacial score (nSPS) is 12.3. The standard InChI is InChI=1S/C25H33BrN2O3/c1-16-8-10-20(11-9-16)14-28(19(4)24(30)27-25(5,6)7)22(29)15-31-21-12-17(2)23(26)18(3)13-21/h8-13,19H,14-15H2,1-7H3,(H,27,30). The van der Waals surface area contributed by atoms with E-state index < -0.39 is 6.04 Å². The smallest absolute Gasteiger partial charge is 0.261 e. The number of carbonyl (C=O) groups is 2. The van der Waals surface area contributed by atoms with Crippen LogP contribution in [0.3, 0.4) is 0 Å². The number of rotatable bonds is 7. The summed E-state index contributed by atoms with van der Waals surface area (Å²) in [6, 6.07) is 11.1. The average molecular weight is 489 g/mol. The topological polar surface area (TPSA) is 58.6 Å². The van der Waals surface area contributed by atoms with Gasteiger partial charge in [-0.1, -0.05) is 45.8 Å². The molecule has 0 spiro atoms. The summed E-state index contributed by atoms with van der Waals surface area (Å²) in [6.45, 7) is 13.7. The van der Waals surface area contributed by atoms with Gasteiger partial charge in [-0.2, -0.15) is 0 Å². The molecule has 0 aliphatic carbocycles. The van der Waals surface area contributed by atoms with E-state index in [0.29, 0.717) is 12.3 Å². The molecule has 1 unspecified atom stereocenters. The van der Waals surface area contributed by atoms with Crippen LogP contribution in [0.1, 0.15) is 49.9 Å². The van der Waals surface area contributed by atoms with Crippen LogP contribution in [0.25, 0.3) is 0 Å². The second-order valence-corrected chi connectivity index (χ2v) is 9.88. The molecule has 2 rings (SSSR count). The Morgan fingerprint density at radius 2 is 1.61 bits per heavy atom. The fraction of sp³-hybridized carbons (Fsp3) is 0.440. The Bertz CT molecular complexity index is 910. The fourth-order valence-electron chi connectivity index (χ4n) is 3.16. The molecule has 0 fully saturated rings. The molecule has 2 amide bonds. The molecule has 6 heteroatoms. The molecular formula is C25H33BrN2O3. The first-order valence-corrected chi connectivity index (χ1v) is 11.2. The number of hydrogen-bond acceptors (Lipinski definition) is 3. The maximum atomic E-state index is 13.1. The third kappa shape index (κ3) is 7.39. The number of amides is 2. The summed E-state index contributed by atoms with van der Waals surface area (Å²) >= 11 is 3.54. The lowest BCUT2D eigenvalue weighted by Crippen LogP contribution is -2.53. The van der Waals surface area contributed by atoms with Crippen molar-refractivity contribution in [1.82, 2.24) is 10.2 Å². The highest BCUT2D eigenvalue weighted by Crippen LogP contribution is 2.26. The van der Waals surface area contributed by atoms with E-state index in [0.717, 1.165) is 26.7 Å². The molecule has 0 radical (unpaired) electrons. The molecule has 31 heavy (non-hydrogen) atoms. The van der Waals surface area contributed by atoms with Crippen LogP contribution in [0, 0.1) is 20.8 Å². The van der Waals surface area contributed by atoms with Crippen LogP contribution in [0.5, 0.6) is 5.75 Å². The largest absolute Gasteiger partial charge is 0.484 e. The van der Waals surface area contributed by atoms with Crippen molar-refractivity contribution in [3.63, 3.8) is 0 Å². The SMILES string of the molecule is Cc1ccc(CN(C(=O)COc2cc(C)c(Br)c(C)c2)C(C)C(=O)NC(C)(C)C)cc1. The Hall–Kier alpha value is -2.34. The van der Waals surface area contributed by atoms with Gasteiger partial charge in [0, 0.05) is 16.6 Å². The van der Waals surface area contributed by atoms with Gasteiger partial charge < -0.3 is 15.0 Å². The van der Waals surface area contributed by atoms with E-state index >= 15 is 0 Å². The molecule has 0 aliphatic heterocycles. The van der Waals surface area contributed by atoms with E-state index in [4.69, 9.17) is 4.74 Å². The lowest BCUT2D eigenvalue weighted by atomic mass is 10.1. The van der Waals surface area contributed by atoms with Gasteiger partial charge in [0.2, 0.25) is 5.91 Å². The van der Waals surface area contributed by atoms with Crippen molar-refractivity contribution < 1.29 is 14.3 Å². The van der Waals surface area contributed by atoms with Gasteiger partial charge in [-0.25, -0.2) is 0 Å². The summed E-state index contributed by atoms with van der Waals surface area (Å²) in [4.78, 5) is 27.5. The van der Waals surface area contributed by atoms with Crippen LogP contribution in [0.15, 0.2) is 40.9 Å². The summed E-state index contributed by atoms with van der Waals surface area (Å²) in [6.07, 6.45) is 0. The first-order valence-electron chi connectivity index (χ1n) is 10.4. The molecule has 168 valence electrons. The Balaban J connectivity index is 2.20. The second kappa shape index (κ2) is 10.3. The second-order valence-electron chi connectivity index (χ2n) is 9.08. The predicted octanol–water partition coefficient (Wildman–Crippen LogP) is 5.09. The van der Waals surface area contributed by atoms with Crippen molar-refractivity contribution in [3.8, 4) is 5.75 Å². The molecule has 2 aromatic carbocycles. The fourth-order valence-corrected chi connectivity index (χ4v) is 3.39. The Kier molecular flexibility index (Phi) is 8.29. The molecule has 0 bridgehead atoms. The summed E-state index contributed by atoms with van der Waals surface area (Å²) in [5, 5.41) is 2.97. The molecule has 0 saturated heterocycles. The molecule has 2 aromatic rings. The maximum absolute atomic E-state index is 13.1. The number of benzene rings is 2. The number of halogens is 1. The van der Waals surface area contributed by atoms with Crippen LogP contribution in [0.4, 0.5) is 0 Å². The highest BCUT2D eigenvalue weighted by Gasteiger charge is 2.28. The zero-order valence-electron chi connectivity index (χ0n) is 19.5. The van der Waals surface area contributed by atoms with Gasteiger partial charge in [-0.15, -0.1) is 0 Å². The van der Waals surface area contributed by atoms with E-state index in [-0.39, 0.29) is 24.0 Å². The minimum atomic E-state index is -0.634. The minimum absolute atomic E-state index is 0.139. The van der Waals surface area contributed by atoms with Crippen LogP contribution in [-0.2, 0) is 16.1 Å². The van der Waals surface area contributed by atoms with Crippen LogP contribution in [0.2, 0.25) is 0 Å². The molecular weight excluding hydrogens is 456 g/mol. The van der Waals surface area contributed by atoms with Crippen molar-refractivity contribution >= 4 is 27.7 Å². The molecule has 0 heterocycles. The first kappa shape index (κ1) is 24.9. The summed E-state index contributed by atoms with van der Waals surface area (Å²) in [7, 11) is 0. The summed E-state index contributed by atoms with van der Waals surface area (Å²) < 4.78 is 6.84. The van der Waals surface area contributed by atoms with Gasteiger partial charge in [0.05, 0.1) is 0 Å². The maximum Gasteiger partial charge on any atom is 0.261 e. The van der Waals surface area contributed by atoms with Gasteiger partial charge in [-0.3, -0.25) is 9.59 Å². The lowest BCUT2D eigenvalue weighted by Gasteiger charge is -2.31. The number of ether oxygens (including phenoxy) is 1. The van der Waals surface area contributed by atoms with Crippen molar-refractivity contribution in [2.75, 3.05) is 6.61 Å². The van der Waals surface area contributed by atoms with Gasteiger partial charge >= 0.3 is 0 Å². The van der Waals surface area contributed by atoms with Crippen LogP contribution in [-0.4, -0.2) is 34.9 Å². The van der Waals surface area contributed by atoms with Crippen LogP contribution >= 0.6 is 15.9 Å². The third-order valence-corrected chi connectivity index (χ3v) is 6.16. The third-order valence-electron chi connectivity index (χ3n) is 4.91. The van der Waals surface area contributed by atoms with Gasteiger partial charge in [0.1, 0.15) is 11.8 Å².